The number of piperazine rings is 1. The normalized spacial score (nSPS) is 15.0. The van der Waals surface area contributed by atoms with Crippen LogP contribution in [0.2, 0.25) is 5.02 Å². The Morgan fingerprint density at radius 1 is 1.08 bits per heavy atom. The van der Waals surface area contributed by atoms with Crippen LogP contribution >= 0.6 is 11.6 Å². The van der Waals surface area contributed by atoms with E-state index >= 15 is 0 Å². The van der Waals surface area contributed by atoms with Crippen molar-refractivity contribution in [3.63, 3.8) is 0 Å². The Morgan fingerprint density at radius 2 is 1.83 bits per heavy atom. The van der Waals surface area contributed by atoms with Crippen LogP contribution in [0.5, 0.6) is 0 Å². The summed E-state index contributed by atoms with van der Waals surface area (Å²) in [6.45, 7) is 3.06. The first-order valence-electron chi connectivity index (χ1n) is 7.97. The number of nitrogens with zero attached hydrogens (tertiary/aromatic N) is 3. The second-order valence-corrected chi connectivity index (χ2v) is 6.23. The Hall–Kier alpha value is -2.37. The summed E-state index contributed by atoms with van der Waals surface area (Å²) in [5.74, 6) is 0.737. The molecule has 122 valence electrons. The van der Waals surface area contributed by atoms with E-state index < -0.39 is 0 Å². The van der Waals surface area contributed by atoms with Gasteiger partial charge in [-0.05, 0) is 36.4 Å². The zero-order valence-corrected chi connectivity index (χ0v) is 13.8. The van der Waals surface area contributed by atoms with E-state index in [1.807, 2.05) is 58.0 Å². The number of aromatic nitrogens is 2. The average Bonchev–Trinajstić information content (AvgIpc) is 3.02. The second-order valence-electron chi connectivity index (χ2n) is 5.79. The number of amides is 1. The fourth-order valence-electron chi connectivity index (χ4n) is 3.02. The highest BCUT2D eigenvalue weighted by Crippen LogP contribution is 2.25. The Morgan fingerprint density at radius 3 is 2.58 bits per heavy atom. The van der Waals surface area contributed by atoms with Crippen molar-refractivity contribution in [1.82, 2.24) is 19.6 Å². The molecule has 2 aromatic heterocycles. The molecular weight excluding hydrogens is 324 g/mol. The molecule has 5 nitrogen and oxygen atoms in total. The van der Waals surface area contributed by atoms with Gasteiger partial charge in [-0.1, -0.05) is 17.7 Å². The summed E-state index contributed by atoms with van der Waals surface area (Å²) in [6, 6.07) is 13.3. The molecule has 0 bridgehead atoms. The van der Waals surface area contributed by atoms with E-state index in [2.05, 4.69) is 10.3 Å². The fourth-order valence-corrected chi connectivity index (χ4v) is 3.14. The average molecular weight is 341 g/mol. The van der Waals surface area contributed by atoms with Gasteiger partial charge in [-0.15, -0.1) is 0 Å². The summed E-state index contributed by atoms with van der Waals surface area (Å²) in [6.07, 6.45) is 1.93. The van der Waals surface area contributed by atoms with Crippen molar-refractivity contribution >= 4 is 23.0 Å². The molecule has 0 radical (unpaired) electrons. The molecular formula is C18H17ClN4O. The van der Waals surface area contributed by atoms with Crippen molar-refractivity contribution in [3.05, 3.63) is 59.4 Å². The van der Waals surface area contributed by atoms with Gasteiger partial charge in [0.25, 0.3) is 5.91 Å². The maximum absolute atomic E-state index is 12.9. The number of halogens is 1. The van der Waals surface area contributed by atoms with Crippen molar-refractivity contribution in [2.75, 3.05) is 26.2 Å². The molecule has 3 heterocycles. The van der Waals surface area contributed by atoms with Crippen molar-refractivity contribution in [3.8, 4) is 11.4 Å². The van der Waals surface area contributed by atoms with Crippen LogP contribution in [0.15, 0.2) is 48.7 Å². The second kappa shape index (κ2) is 6.26. The van der Waals surface area contributed by atoms with Gasteiger partial charge in [-0.3, -0.25) is 9.20 Å². The summed E-state index contributed by atoms with van der Waals surface area (Å²) in [4.78, 5) is 19.4. The monoisotopic (exact) mass is 340 g/mol. The minimum absolute atomic E-state index is 0.0135. The van der Waals surface area contributed by atoms with Crippen molar-refractivity contribution in [1.29, 1.82) is 0 Å². The molecule has 0 atom stereocenters. The third kappa shape index (κ3) is 2.66. The summed E-state index contributed by atoms with van der Waals surface area (Å²) in [7, 11) is 0. The van der Waals surface area contributed by atoms with Gasteiger partial charge in [0.1, 0.15) is 5.82 Å². The minimum atomic E-state index is -0.0135. The quantitative estimate of drug-likeness (QED) is 0.780. The third-order valence-electron chi connectivity index (χ3n) is 4.26. The number of fused-ring (bicyclic) bond motifs is 1. The number of benzene rings is 1. The van der Waals surface area contributed by atoms with E-state index in [1.165, 1.54) is 0 Å². The highest BCUT2D eigenvalue weighted by Gasteiger charge is 2.24. The summed E-state index contributed by atoms with van der Waals surface area (Å²) < 4.78 is 1.96. The van der Waals surface area contributed by atoms with Gasteiger partial charge in [-0.25, -0.2) is 4.98 Å². The van der Waals surface area contributed by atoms with Gasteiger partial charge >= 0.3 is 0 Å². The van der Waals surface area contributed by atoms with E-state index in [0.29, 0.717) is 23.8 Å². The highest BCUT2D eigenvalue weighted by molar-refractivity contribution is 6.30. The predicted molar refractivity (Wildman–Crippen MR) is 94.4 cm³/mol. The van der Waals surface area contributed by atoms with Gasteiger partial charge in [0.05, 0.1) is 5.52 Å². The number of hydrogen-bond donors (Lipinski definition) is 1. The lowest BCUT2D eigenvalue weighted by atomic mass is 10.2. The van der Waals surface area contributed by atoms with Crippen LogP contribution in [0, 0.1) is 0 Å². The summed E-state index contributed by atoms with van der Waals surface area (Å²) in [5, 5.41) is 3.94. The topological polar surface area (TPSA) is 49.6 Å². The number of rotatable bonds is 2. The van der Waals surface area contributed by atoms with Crippen molar-refractivity contribution in [2.24, 2.45) is 0 Å². The first-order chi connectivity index (χ1) is 11.7. The van der Waals surface area contributed by atoms with Crippen molar-refractivity contribution in [2.45, 2.75) is 0 Å². The van der Waals surface area contributed by atoms with E-state index in [1.54, 1.807) is 0 Å². The molecule has 3 aromatic rings. The first kappa shape index (κ1) is 15.2. The van der Waals surface area contributed by atoms with E-state index in [9.17, 15) is 4.79 Å². The molecule has 0 unspecified atom stereocenters. The molecule has 1 saturated heterocycles. The van der Waals surface area contributed by atoms with E-state index in [0.717, 1.165) is 30.0 Å². The molecule has 4 rings (SSSR count). The van der Waals surface area contributed by atoms with Crippen LogP contribution in [0.3, 0.4) is 0 Å². The molecule has 1 aliphatic rings. The Labute approximate surface area is 144 Å². The zero-order valence-electron chi connectivity index (χ0n) is 13.1. The summed E-state index contributed by atoms with van der Waals surface area (Å²) in [5.41, 5.74) is 2.26. The molecule has 1 fully saturated rings. The van der Waals surface area contributed by atoms with Crippen LogP contribution < -0.4 is 5.32 Å². The van der Waals surface area contributed by atoms with E-state index in [4.69, 9.17) is 11.6 Å². The fraction of sp³-hybridized carbons (Fsp3) is 0.222. The number of carbonyl (C=O) groups excluding carboxylic acids is 1. The number of nitrogens with one attached hydrogen (secondary N) is 1. The maximum Gasteiger partial charge on any atom is 0.274 e. The number of hydrogen-bond acceptors (Lipinski definition) is 3. The molecule has 0 aliphatic carbocycles. The lowest BCUT2D eigenvalue weighted by molar-refractivity contribution is 0.0732. The number of pyridine rings is 1. The lowest BCUT2D eigenvalue weighted by Gasteiger charge is -2.26. The maximum atomic E-state index is 12.9. The van der Waals surface area contributed by atoms with Crippen molar-refractivity contribution < 1.29 is 4.79 Å². The molecule has 1 amide bonds. The third-order valence-corrected chi connectivity index (χ3v) is 4.51. The highest BCUT2D eigenvalue weighted by atomic mass is 35.5. The molecule has 0 saturated carbocycles. The molecule has 1 aliphatic heterocycles. The standard InChI is InChI=1S/C18H17ClN4O/c19-14-6-4-13(5-7-14)17-21-16(15-3-1-2-10-23(15)17)18(24)22-11-8-20-9-12-22/h1-7,10,20H,8-9,11-12H2. The summed E-state index contributed by atoms with van der Waals surface area (Å²) >= 11 is 5.98. The SMILES string of the molecule is O=C(c1nc(-c2ccc(Cl)cc2)n2ccccc12)N1CCNCC1. The molecule has 6 heteroatoms. The van der Waals surface area contributed by atoms with Gasteiger partial charge < -0.3 is 10.2 Å². The molecule has 0 spiro atoms. The van der Waals surface area contributed by atoms with Gasteiger partial charge in [0.2, 0.25) is 0 Å². The van der Waals surface area contributed by atoms with Crippen LogP contribution in [0.25, 0.3) is 16.9 Å². The smallest absolute Gasteiger partial charge is 0.274 e. The Balaban J connectivity index is 1.82. The predicted octanol–water partition coefficient (Wildman–Crippen LogP) is 2.70. The van der Waals surface area contributed by atoms with Crippen LogP contribution in [0.1, 0.15) is 10.5 Å². The lowest BCUT2D eigenvalue weighted by Crippen LogP contribution is -2.46. The van der Waals surface area contributed by atoms with Crippen LogP contribution in [-0.2, 0) is 0 Å². The molecule has 24 heavy (non-hydrogen) atoms. The van der Waals surface area contributed by atoms with Crippen LogP contribution in [0.4, 0.5) is 0 Å². The molecule has 1 aromatic carbocycles. The molecule has 1 N–H and O–H groups in total. The van der Waals surface area contributed by atoms with Crippen LogP contribution in [-0.4, -0.2) is 46.4 Å². The van der Waals surface area contributed by atoms with E-state index in [-0.39, 0.29) is 5.91 Å². The Kier molecular flexibility index (Phi) is 3.96. The first-order valence-corrected chi connectivity index (χ1v) is 8.35. The largest absolute Gasteiger partial charge is 0.335 e. The van der Waals surface area contributed by atoms with Gasteiger partial charge in [0, 0.05) is 43.0 Å². The number of imidazole rings is 1. The van der Waals surface area contributed by atoms with Gasteiger partial charge in [-0.2, -0.15) is 0 Å². The zero-order chi connectivity index (χ0) is 16.5. The number of carbonyl (C=O) groups is 1. The Bertz CT molecular complexity index is 882. The van der Waals surface area contributed by atoms with Gasteiger partial charge in [0.15, 0.2) is 5.69 Å². The minimum Gasteiger partial charge on any atom is -0.335 e.